The van der Waals surface area contributed by atoms with Crippen LogP contribution in [0.4, 0.5) is 18.2 Å². The number of allylic oxidation sites excluding steroid dienone is 1. The first-order valence-electron chi connectivity index (χ1n) is 9.00. The van der Waals surface area contributed by atoms with E-state index < -0.39 is 29.2 Å². The van der Waals surface area contributed by atoms with Gasteiger partial charge < -0.3 is 10.1 Å². The molecule has 11 heteroatoms. The molecule has 162 valence electrons. The van der Waals surface area contributed by atoms with Crippen LogP contribution in [-0.2, 0) is 15.7 Å². The fraction of sp³-hybridized carbons (Fsp3) is 0.200. The zero-order valence-corrected chi connectivity index (χ0v) is 17.1. The van der Waals surface area contributed by atoms with Crippen LogP contribution in [0, 0.1) is 0 Å². The van der Waals surface area contributed by atoms with Gasteiger partial charge in [0, 0.05) is 10.8 Å². The molecule has 0 unspecified atom stereocenters. The molecule has 1 N–H and O–H groups in total. The first-order valence-corrected chi connectivity index (χ1v) is 9.88. The molecule has 1 amide bonds. The SMILES string of the molecule is C/C=C\C(=O)Nc1scc2c(C(=O)OCC)nn(-c3ccc(C(F)(F)F)cc3)c(=O)c12. The number of carbonyl (C=O) groups is 2. The lowest BCUT2D eigenvalue weighted by molar-refractivity contribution is -0.137. The predicted molar refractivity (Wildman–Crippen MR) is 110 cm³/mol. The Morgan fingerprint density at radius 2 is 1.94 bits per heavy atom. The maximum Gasteiger partial charge on any atom is 0.416 e. The van der Waals surface area contributed by atoms with Crippen LogP contribution in [0.1, 0.15) is 29.9 Å². The third-order valence-electron chi connectivity index (χ3n) is 4.12. The zero-order valence-electron chi connectivity index (χ0n) is 16.3. The van der Waals surface area contributed by atoms with Gasteiger partial charge >= 0.3 is 12.1 Å². The average molecular weight is 451 g/mol. The average Bonchev–Trinajstić information content (AvgIpc) is 3.12. The van der Waals surface area contributed by atoms with Crippen LogP contribution in [-0.4, -0.2) is 28.3 Å². The van der Waals surface area contributed by atoms with Crippen LogP contribution in [0.3, 0.4) is 0 Å². The van der Waals surface area contributed by atoms with Gasteiger partial charge in [0.15, 0.2) is 5.69 Å². The molecule has 0 saturated carbocycles. The molecule has 2 heterocycles. The van der Waals surface area contributed by atoms with Crippen molar-refractivity contribution in [3.05, 3.63) is 63.4 Å². The number of hydrogen-bond acceptors (Lipinski definition) is 6. The molecule has 2 aromatic heterocycles. The van der Waals surface area contributed by atoms with E-state index in [1.54, 1.807) is 13.8 Å². The second kappa shape index (κ2) is 8.72. The molecule has 1 aromatic carbocycles. The highest BCUT2D eigenvalue weighted by atomic mass is 32.1. The summed E-state index contributed by atoms with van der Waals surface area (Å²) in [6.07, 6.45) is -1.78. The normalized spacial score (nSPS) is 11.8. The lowest BCUT2D eigenvalue weighted by Gasteiger charge is -2.11. The Bertz CT molecular complexity index is 1230. The van der Waals surface area contributed by atoms with E-state index in [-0.39, 0.29) is 33.8 Å². The molecule has 0 bridgehead atoms. The number of anilines is 1. The van der Waals surface area contributed by atoms with Crippen molar-refractivity contribution in [3.63, 3.8) is 0 Å². The number of thiophene rings is 1. The highest BCUT2D eigenvalue weighted by Crippen LogP contribution is 2.32. The van der Waals surface area contributed by atoms with Crippen molar-refractivity contribution >= 4 is 39.0 Å². The van der Waals surface area contributed by atoms with Gasteiger partial charge in [-0.2, -0.15) is 23.0 Å². The molecule has 0 fully saturated rings. The minimum Gasteiger partial charge on any atom is -0.461 e. The molecule has 3 rings (SSSR count). The zero-order chi connectivity index (χ0) is 22.8. The maximum absolute atomic E-state index is 13.1. The number of aromatic nitrogens is 2. The fourth-order valence-electron chi connectivity index (χ4n) is 2.76. The minimum absolute atomic E-state index is 0.000744. The van der Waals surface area contributed by atoms with Gasteiger partial charge in [-0.05, 0) is 44.2 Å². The van der Waals surface area contributed by atoms with E-state index in [0.717, 1.165) is 40.3 Å². The van der Waals surface area contributed by atoms with Crippen LogP contribution >= 0.6 is 11.3 Å². The molecule has 31 heavy (non-hydrogen) atoms. The molecule has 0 aliphatic carbocycles. The second-order valence-corrected chi connectivity index (χ2v) is 7.05. The van der Waals surface area contributed by atoms with E-state index >= 15 is 0 Å². The Hall–Kier alpha value is -3.47. The number of carbonyl (C=O) groups excluding carboxylic acids is 2. The minimum atomic E-state index is -4.55. The predicted octanol–water partition coefficient (Wildman–Crippen LogP) is 4.16. The monoisotopic (exact) mass is 451 g/mol. The highest BCUT2D eigenvalue weighted by molar-refractivity contribution is 7.16. The first kappa shape index (κ1) is 22.2. The number of nitrogens with zero attached hydrogens (tertiary/aromatic N) is 2. The number of rotatable bonds is 5. The van der Waals surface area contributed by atoms with E-state index in [2.05, 4.69) is 10.4 Å². The smallest absolute Gasteiger partial charge is 0.416 e. The van der Waals surface area contributed by atoms with Crippen molar-refractivity contribution in [2.75, 3.05) is 11.9 Å². The topological polar surface area (TPSA) is 90.3 Å². The van der Waals surface area contributed by atoms with Gasteiger partial charge in [-0.25, -0.2) is 4.79 Å². The Morgan fingerprint density at radius 3 is 2.52 bits per heavy atom. The summed E-state index contributed by atoms with van der Waals surface area (Å²) in [4.78, 5) is 37.5. The lowest BCUT2D eigenvalue weighted by Crippen LogP contribution is -2.25. The number of alkyl halides is 3. The molecular weight excluding hydrogens is 435 g/mol. The van der Waals surface area contributed by atoms with Crippen molar-refractivity contribution in [1.29, 1.82) is 0 Å². The number of hydrogen-bond donors (Lipinski definition) is 1. The number of halogens is 3. The van der Waals surface area contributed by atoms with E-state index in [1.165, 1.54) is 17.5 Å². The summed E-state index contributed by atoms with van der Waals surface area (Å²) in [6.45, 7) is 3.29. The standard InChI is InChI=1S/C20H16F3N3O4S/c1-3-5-14(27)24-17-15-13(10-31-17)16(19(29)30-4-2)25-26(18(15)28)12-8-6-11(7-9-12)20(21,22)23/h3,5-10H,4H2,1-2H3,(H,24,27)/b5-3-. The van der Waals surface area contributed by atoms with Gasteiger partial charge in [-0.3, -0.25) is 9.59 Å². The molecule has 0 saturated heterocycles. The van der Waals surface area contributed by atoms with Crippen LogP contribution in [0.5, 0.6) is 0 Å². The van der Waals surface area contributed by atoms with Crippen LogP contribution in [0.2, 0.25) is 0 Å². The van der Waals surface area contributed by atoms with Gasteiger partial charge in [0.2, 0.25) is 5.91 Å². The van der Waals surface area contributed by atoms with E-state index in [1.807, 2.05) is 0 Å². The summed E-state index contributed by atoms with van der Waals surface area (Å²) in [7, 11) is 0. The maximum atomic E-state index is 13.1. The number of fused-ring (bicyclic) bond motifs is 1. The number of esters is 1. The van der Waals surface area contributed by atoms with Crippen molar-refractivity contribution in [2.45, 2.75) is 20.0 Å². The summed E-state index contributed by atoms with van der Waals surface area (Å²) < 4.78 is 44.4. The van der Waals surface area contributed by atoms with Crippen molar-refractivity contribution in [1.82, 2.24) is 9.78 Å². The lowest BCUT2D eigenvalue weighted by atomic mass is 10.2. The Kier molecular flexibility index (Phi) is 6.25. The van der Waals surface area contributed by atoms with Gasteiger partial charge in [-0.15, -0.1) is 11.3 Å². The molecule has 0 spiro atoms. The Labute approximate surface area is 177 Å². The fourth-order valence-corrected chi connectivity index (χ4v) is 3.70. The third-order valence-corrected chi connectivity index (χ3v) is 5.01. The summed E-state index contributed by atoms with van der Waals surface area (Å²) in [5, 5.41) is 8.44. The summed E-state index contributed by atoms with van der Waals surface area (Å²) in [5.41, 5.74) is -1.79. The quantitative estimate of drug-likeness (QED) is 0.465. The van der Waals surface area contributed by atoms with E-state index in [9.17, 15) is 27.6 Å². The summed E-state index contributed by atoms with van der Waals surface area (Å²) in [5.74, 6) is -1.29. The van der Waals surface area contributed by atoms with E-state index in [0.29, 0.717) is 0 Å². The van der Waals surface area contributed by atoms with Gasteiger partial charge in [-0.1, -0.05) is 6.08 Å². The number of benzene rings is 1. The second-order valence-electron chi connectivity index (χ2n) is 6.17. The van der Waals surface area contributed by atoms with Gasteiger partial charge in [0.1, 0.15) is 5.00 Å². The van der Waals surface area contributed by atoms with Crippen LogP contribution < -0.4 is 10.9 Å². The molecule has 0 atom stereocenters. The van der Waals surface area contributed by atoms with Gasteiger partial charge in [0.25, 0.3) is 5.56 Å². The molecule has 0 radical (unpaired) electrons. The largest absolute Gasteiger partial charge is 0.461 e. The Morgan fingerprint density at radius 1 is 1.26 bits per heavy atom. The molecule has 0 aliphatic rings. The first-order chi connectivity index (χ1) is 14.7. The molecule has 7 nitrogen and oxygen atoms in total. The van der Waals surface area contributed by atoms with E-state index in [4.69, 9.17) is 4.74 Å². The number of nitrogens with one attached hydrogen (secondary N) is 1. The molecule has 3 aromatic rings. The summed E-state index contributed by atoms with van der Waals surface area (Å²) in [6, 6.07) is 3.75. The number of amides is 1. The van der Waals surface area contributed by atoms with Crippen LogP contribution in [0.15, 0.2) is 46.6 Å². The third kappa shape index (κ3) is 4.50. The summed E-state index contributed by atoms with van der Waals surface area (Å²) >= 11 is 1.01. The molecule has 0 aliphatic heterocycles. The molecular formula is C20H16F3N3O4S. The van der Waals surface area contributed by atoms with Crippen molar-refractivity contribution in [3.8, 4) is 5.69 Å². The highest BCUT2D eigenvalue weighted by Gasteiger charge is 2.30. The van der Waals surface area contributed by atoms with Crippen LogP contribution in [0.25, 0.3) is 16.5 Å². The van der Waals surface area contributed by atoms with Crippen molar-refractivity contribution < 1.29 is 27.5 Å². The van der Waals surface area contributed by atoms with Gasteiger partial charge in [0.05, 0.1) is 23.2 Å². The number of ether oxygens (including phenoxy) is 1. The Balaban J connectivity index is 2.23. The van der Waals surface area contributed by atoms with Crippen molar-refractivity contribution in [2.24, 2.45) is 0 Å².